The summed E-state index contributed by atoms with van der Waals surface area (Å²) in [5.74, 6) is 5.86. The average molecular weight is 333 g/mol. The van der Waals surface area contributed by atoms with E-state index in [1.807, 2.05) is 0 Å². The van der Waals surface area contributed by atoms with Crippen molar-refractivity contribution < 1.29 is 17.5 Å². The minimum atomic E-state index is -3.10. The van der Waals surface area contributed by atoms with Crippen LogP contribution >= 0.6 is 11.6 Å². The summed E-state index contributed by atoms with van der Waals surface area (Å²) in [6.45, 7) is 1.80. The SMILES string of the molecule is CCCS(=O)(=O)CCOc1cc(F)cc(C#CCCCl)c1. The molecule has 0 saturated carbocycles. The van der Waals surface area contributed by atoms with Gasteiger partial charge in [0.25, 0.3) is 0 Å². The number of sulfone groups is 1. The topological polar surface area (TPSA) is 43.4 Å². The molecule has 0 N–H and O–H groups in total. The molecule has 0 bridgehead atoms. The Labute approximate surface area is 130 Å². The Morgan fingerprint density at radius 3 is 2.71 bits per heavy atom. The first kappa shape index (κ1) is 17.8. The number of rotatable bonds is 7. The van der Waals surface area contributed by atoms with E-state index in [-0.39, 0.29) is 23.9 Å². The molecule has 0 atom stereocenters. The van der Waals surface area contributed by atoms with Crippen LogP contribution in [0.1, 0.15) is 25.3 Å². The van der Waals surface area contributed by atoms with Gasteiger partial charge in [0.15, 0.2) is 9.84 Å². The van der Waals surface area contributed by atoms with Gasteiger partial charge in [-0.25, -0.2) is 12.8 Å². The van der Waals surface area contributed by atoms with Gasteiger partial charge in [-0.1, -0.05) is 18.8 Å². The van der Waals surface area contributed by atoms with Crippen LogP contribution in [0.25, 0.3) is 0 Å². The fourth-order valence-corrected chi connectivity index (χ4v) is 2.89. The molecule has 0 aliphatic rings. The third kappa shape index (κ3) is 7.35. The van der Waals surface area contributed by atoms with Crippen molar-refractivity contribution in [1.29, 1.82) is 0 Å². The molecule has 0 aliphatic carbocycles. The lowest BCUT2D eigenvalue weighted by Gasteiger charge is -2.07. The van der Waals surface area contributed by atoms with Gasteiger partial charge in [-0.3, -0.25) is 0 Å². The van der Waals surface area contributed by atoms with Crippen LogP contribution in [-0.2, 0) is 9.84 Å². The molecule has 1 aromatic carbocycles. The molecule has 1 aromatic rings. The van der Waals surface area contributed by atoms with Gasteiger partial charge in [0.05, 0.1) is 11.5 Å². The molecule has 0 aliphatic heterocycles. The van der Waals surface area contributed by atoms with Crippen LogP contribution in [0.2, 0.25) is 0 Å². The number of halogens is 2. The molecule has 0 radical (unpaired) electrons. The Morgan fingerprint density at radius 2 is 2.05 bits per heavy atom. The second kappa shape index (κ2) is 8.91. The van der Waals surface area contributed by atoms with E-state index in [1.54, 1.807) is 13.0 Å². The molecule has 0 spiro atoms. The van der Waals surface area contributed by atoms with E-state index in [9.17, 15) is 12.8 Å². The Balaban J connectivity index is 2.66. The monoisotopic (exact) mass is 332 g/mol. The van der Waals surface area contributed by atoms with Crippen LogP contribution in [-0.4, -0.2) is 32.4 Å². The maximum atomic E-state index is 13.4. The van der Waals surface area contributed by atoms with Gasteiger partial charge in [0, 0.05) is 23.9 Å². The summed E-state index contributed by atoms with van der Waals surface area (Å²) in [6, 6.07) is 4.08. The number of hydrogen-bond acceptors (Lipinski definition) is 3. The summed E-state index contributed by atoms with van der Waals surface area (Å²) >= 11 is 5.51. The van der Waals surface area contributed by atoms with Crippen LogP contribution in [0.5, 0.6) is 5.75 Å². The second-order valence-electron chi connectivity index (χ2n) is 4.42. The summed E-state index contributed by atoms with van der Waals surface area (Å²) in [5.41, 5.74) is 0.478. The van der Waals surface area contributed by atoms with Crippen molar-refractivity contribution >= 4 is 21.4 Å². The molecule has 0 heterocycles. The first-order chi connectivity index (χ1) is 9.96. The minimum absolute atomic E-state index is 0.000333. The molecule has 1 rings (SSSR count). The standard InChI is InChI=1S/C15H18ClFO3S/c1-2-8-21(18,19)9-7-20-15-11-13(5-3-4-6-16)10-14(17)12-15/h10-12H,2,4,6-9H2,1H3. The molecule has 0 fully saturated rings. The fraction of sp³-hybridized carbons (Fsp3) is 0.467. The van der Waals surface area contributed by atoms with Gasteiger partial charge in [0.2, 0.25) is 0 Å². The number of ether oxygens (including phenoxy) is 1. The zero-order valence-corrected chi connectivity index (χ0v) is 13.4. The Hall–Kier alpha value is -1.25. The highest BCUT2D eigenvalue weighted by Gasteiger charge is 2.09. The quantitative estimate of drug-likeness (QED) is 0.569. The van der Waals surface area contributed by atoms with Gasteiger partial charge in [-0.05, 0) is 18.6 Å². The van der Waals surface area contributed by atoms with E-state index in [1.165, 1.54) is 12.1 Å². The lowest BCUT2D eigenvalue weighted by atomic mass is 10.2. The van der Waals surface area contributed by atoms with E-state index >= 15 is 0 Å². The zero-order valence-electron chi connectivity index (χ0n) is 11.9. The third-order valence-electron chi connectivity index (χ3n) is 2.50. The van der Waals surface area contributed by atoms with Gasteiger partial charge < -0.3 is 4.74 Å². The van der Waals surface area contributed by atoms with E-state index in [0.717, 1.165) is 0 Å². The molecule has 0 unspecified atom stereocenters. The smallest absolute Gasteiger partial charge is 0.153 e. The van der Waals surface area contributed by atoms with Crippen molar-refractivity contribution in [3.05, 3.63) is 29.6 Å². The molecular weight excluding hydrogens is 315 g/mol. The number of benzene rings is 1. The molecule has 0 amide bonds. The van der Waals surface area contributed by atoms with Crippen LogP contribution in [0, 0.1) is 17.7 Å². The van der Waals surface area contributed by atoms with E-state index in [4.69, 9.17) is 16.3 Å². The molecule has 0 aromatic heterocycles. The number of hydrogen-bond donors (Lipinski definition) is 0. The summed E-state index contributed by atoms with van der Waals surface area (Å²) in [7, 11) is -3.10. The van der Waals surface area contributed by atoms with E-state index in [2.05, 4.69) is 11.8 Å². The highest BCUT2D eigenvalue weighted by molar-refractivity contribution is 7.91. The fourth-order valence-electron chi connectivity index (χ4n) is 1.63. The van der Waals surface area contributed by atoms with Crippen molar-refractivity contribution in [3.8, 4) is 17.6 Å². The number of alkyl halides is 1. The van der Waals surface area contributed by atoms with Crippen molar-refractivity contribution in [3.63, 3.8) is 0 Å². The average Bonchev–Trinajstić information content (AvgIpc) is 2.38. The van der Waals surface area contributed by atoms with Gasteiger partial charge >= 0.3 is 0 Å². The molecule has 6 heteroatoms. The predicted octanol–water partition coefficient (Wildman–Crippen LogP) is 3.01. The summed E-state index contributed by atoms with van der Waals surface area (Å²) in [4.78, 5) is 0. The van der Waals surface area contributed by atoms with Crippen LogP contribution < -0.4 is 4.74 Å². The molecular formula is C15H18ClFO3S. The summed E-state index contributed by atoms with van der Waals surface area (Å²) in [6.07, 6.45) is 1.09. The van der Waals surface area contributed by atoms with Crippen LogP contribution in [0.4, 0.5) is 4.39 Å². The Bertz CT molecular complexity index is 618. The molecule has 0 saturated heterocycles. The van der Waals surface area contributed by atoms with Crippen LogP contribution in [0.3, 0.4) is 0 Å². The lowest BCUT2D eigenvalue weighted by molar-refractivity contribution is 0.339. The zero-order chi connectivity index (χ0) is 15.7. The second-order valence-corrected chi connectivity index (χ2v) is 7.10. The van der Waals surface area contributed by atoms with E-state index < -0.39 is 15.7 Å². The maximum Gasteiger partial charge on any atom is 0.153 e. The molecule has 3 nitrogen and oxygen atoms in total. The van der Waals surface area contributed by atoms with Gasteiger partial charge in [-0.15, -0.1) is 11.6 Å². The summed E-state index contributed by atoms with van der Waals surface area (Å²) < 4.78 is 41.8. The predicted molar refractivity (Wildman–Crippen MR) is 83.1 cm³/mol. The van der Waals surface area contributed by atoms with Crippen LogP contribution in [0.15, 0.2) is 18.2 Å². The van der Waals surface area contributed by atoms with Gasteiger partial charge in [-0.2, -0.15) is 0 Å². The lowest BCUT2D eigenvalue weighted by Crippen LogP contribution is -2.16. The summed E-state index contributed by atoms with van der Waals surface area (Å²) in [5, 5.41) is 0. The van der Waals surface area contributed by atoms with E-state index in [0.29, 0.717) is 24.3 Å². The largest absolute Gasteiger partial charge is 0.492 e. The third-order valence-corrected chi connectivity index (χ3v) is 4.51. The van der Waals surface area contributed by atoms with Gasteiger partial charge in [0.1, 0.15) is 18.2 Å². The molecule has 116 valence electrons. The van der Waals surface area contributed by atoms with Crippen molar-refractivity contribution in [2.75, 3.05) is 24.0 Å². The Morgan fingerprint density at radius 1 is 1.29 bits per heavy atom. The minimum Gasteiger partial charge on any atom is -0.492 e. The van der Waals surface area contributed by atoms with Crippen molar-refractivity contribution in [2.24, 2.45) is 0 Å². The van der Waals surface area contributed by atoms with Crippen molar-refractivity contribution in [1.82, 2.24) is 0 Å². The first-order valence-electron chi connectivity index (χ1n) is 6.65. The highest BCUT2D eigenvalue weighted by Crippen LogP contribution is 2.16. The Kier molecular flexibility index (Phi) is 7.55. The maximum absolute atomic E-state index is 13.4. The highest BCUT2D eigenvalue weighted by atomic mass is 35.5. The molecule has 21 heavy (non-hydrogen) atoms. The normalized spacial score (nSPS) is 10.8. The first-order valence-corrected chi connectivity index (χ1v) is 9.01. The van der Waals surface area contributed by atoms with Crippen molar-refractivity contribution in [2.45, 2.75) is 19.8 Å².